The molecule has 2 amide bonds. The lowest BCUT2D eigenvalue weighted by atomic mass is 10.1. The zero-order chi connectivity index (χ0) is 23.2. The predicted molar refractivity (Wildman–Crippen MR) is 118 cm³/mol. The lowest BCUT2D eigenvalue weighted by molar-refractivity contribution is -0.139. The number of aryl methyl sites for hydroxylation is 1. The maximum atomic E-state index is 14.2. The van der Waals surface area contributed by atoms with Gasteiger partial charge in [0.05, 0.1) is 11.9 Å². The Morgan fingerprint density at radius 2 is 1.71 bits per heavy atom. The quantitative estimate of drug-likeness (QED) is 0.637. The second kappa shape index (κ2) is 10.4. The number of halogens is 1. The van der Waals surface area contributed by atoms with Crippen LogP contribution >= 0.6 is 0 Å². The molecule has 0 aliphatic heterocycles. The normalized spacial score (nSPS) is 12.2. The van der Waals surface area contributed by atoms with Gasteiger partial charge in [-0.15, -0.1) is 0 Å². The number of rotatable bonds is 9. The third-order valence-corrected chi connectivity index (χ3v) is 5.96. The summed E-state index contributed by atoms with van der Waals surface area (Å²) in [6, 6.07) is 11.7. The molecule has 0 aliphatic carbocycles. The van der Waals surface area contributed by atoms with Crippen molar-refractivity contribution >= 4 is 27.5 Å². The predicted octanol–water partition coefficient (Wildman–Crippen LogP) is 2.45. The van der Waals surface area contributed by atoms with E-state index >= 15 is 0 Å². The third kappa shape index (κ3) is 6.52. The number of hydrogen-bond acceptors (Lipinski definition) is 4. The van der Waals surface area contributed by atoms with Crippen LogP contribution < -0.4 is 9.62 Å². The summed E-state index contributed by atoms with van der Waals surface area (Å²) in [6.45, 7) is 4.82. The van der Waals surface area contributed by atoms with Gasteiger partial charge < -0.3 is 10.2 Å². The molecule has 2 rings (SSSR count). The van der Waals surface area contributed by atoms with E-state index in [9.17, 15) is 22.4 Å². The van der Waals surface area contributed by atoms with Gasteiger partial charge >= 0.3 is 0 Å². The topological polar surface area (TPSA) is 86.8 Å². The summed E-state index contributed by atoms with van der Waals surface area (Å²) in [5.41, 5.74) is 1.50. The Balaban J connectivity index is 2.38. The van der Waals surface area contributed by atoms with E-state index in [1.54, 1.807) is 37.3 Å². The lowest BCUT2D eigenvalue weighted by Gasteiger charge is -2.31. The van der Waals surface area contributed by atoms with Crippen molar-refractivity contribution in [2.24, 2.45) is 0 Å². The number of hydrogen-bond donors (Lipinski definition) is 1. The first kappa shape index (κ1) is 24.3. The van der Waals surface area contributed by atoms with Crippen LogP contribution in [0.1, 0.15) is 25.0 Å². The molecule has 0 fully saturated rings. The van der Waals surface area contributed by atoms with Crippen molar-refractivity contribution in [3.63, 3.8) is 0 Å². The first-order valence-corrected chi connectivity index (χ1v) is 11.7. The number of carbonyl (C=O) groups excluding carboxylic acids is 2. The van der Waals surface area contributed by atoms with Gasteiger partial charge in [0.15, 0.2) is 0 Å². The average Bonchev–Trinajstić information content (AvgIpc) is 2.71. The number of likely N-dealkylation sites (N-methyl/N-ethyl adjacent to an activating group) is 1. The van der Waals surface area contributed by atoms with Crippen LogP contribution in [0.25, 0.3) is 0 Å². The van der Waals surface area contributed by atoms with Crippen LogP contribution in [0.3, 0.4) is 0 Å². The zero-order valence-corrected chi connectivity index (χ0v) is 18.9. The van der Waals surface area contributed by atoms with E-state index in [2.05, 4.69) is 5.32 Å². The molecule has 0 bridgehead atoms. The molecule has 0 spiro atoms. The zero-order valence-electron chi connectivity index (χ0n) is 18.1. The minimum absolute atomic E-state index is 0.171. The largest absolute Gasteiger partial charge is 0.355 e. The highest BCUT2D eigenvalue weighted by atomic mass is 32.2. The lowest BCUT2D eigenvalue weighted by Crippen LogP contribution is -2.51. The van der Waals surface area contributed by atoms with Crippen molar-refractivity contribution in [2.75, 3.05) is 23.7 Å². The summed E-state index contributed by atoms with van der Waals surface area (Å²) in [6.07, 6.45) is 1.01. The smallest absolute Gasteiger partial charge is 0.244 e. The number of sulfonamides is 1. The Bertz CT molecular complexity index is 1030. The Morgan fingerprint density at radius 1 is 1.10 bits per heavy atom. The van der Waals surface area contributed by atoms with Crippen LogP contribution in [0.5, 0.6) is 0 Å². The molecule has 1 N–H and O–H groups in total. The van der Waals surface area contributed by atoms with Gasteiger partial charge in [-0.05, 0) is 39.0 Å². The van der Waals surface area contributed by atoms with E-state index in [1.165, 1.54) is 30.0 Å². The molecular formula is C22H28FN3O4S. The van der Waals surface area contributed by atoms with Crippen molar-refractivity contribution < 1.29 is 22.4 Å². The second-order valence-corrected chi connectivity index (χ2v) is 9.20. The van der Waals surface area contributed by atoms with Crippen molar-refractivity contribution in [3.05, 3.63) is 65.5 Å². The fourth-order valence-electron chi connectivity index (χ4n) is 3.04. The number of carbonyl (C=O) groups is 2. The first-order chi connectivity index (χ1) is 14.5. The van der Waals surface area contributed by atoms with Crippen molar-refractivity contribution in [2.45, 2.75) is 33.4 Å². The molecule has 0 saturated heterocycles. The summed E-state index contributed by atoms with van der Waals surface area (Å²) < 4.78 is 40.0. The molecule has 0 radical (unpaired) electrons. The fourth-order valence-corrected chi connectivity index (χ4v) is 3.89. The van der Waals surface area contributed by atoms with E-state index in [-0.39, 0.29) is 12.1 Å². The van der Waals surface area contributed by atoms with Crippen molar-refractivity contribution in [3.8, 4) is 0 Å². The maximum absolute atomic E-state index is 14.2. The minimum Gasteiger partial charge on any atom is -0.355 e. The van der Waals surface area contributed by atoms with Gasteiger partial charge in [0.25, 0.3) is 0 Å². The van der Waals surface area contributed by atoms with E-state index in [4.69, 9.17) is 0 Å². The van der Waals surface area contributed by atoms with Gasteiger partial charge in [0, 0.05) is 18.7 Å². The van der Waals surface area contributed by atoms with E-state index in [0.29, 0.717) is 12.2 Å². The summed E-state index contributed by atoms with van der Waals surface area (Å²) >= 11 is 0. The van der Waals surface area contributed by atoms with Crippen LogP contribution in [0.4, 0.5) is 10.1 Å². The Morgan fingerprint density at radius 3 is 2.26 bits per heavy atom. The molecule has 0 aromatic heterocycles. The Kier molecular flexibility index (Phi) is 8.15. The molecule has 168 valence electrons. The highest BCUT2D eigenvalue weighted by Gasteiger charge is 2.30. The molecule has 31 heavy (non-hydrogen) atoms. The third-order valence-electron chi connectivity index (χ3n) is 4.82. The SMILES string of the molecule is CCNC(=O)[C@H](C)N(Cc1ccccc1F)C(=O)CN(c1ccc(C)cc1)S(C)(=O)=O. The average molecular weight is 450 g/mol. The monoisotopic (exact) mass is 449 g/mol. The number of anilines is 1. The van der Waals surface area contributed by atoms with Crippen molar-refractivity contribution in [1.82, 2.24) is 10.2 Å². The number of nitrogens with zero attached hydrogens (tertiary/aromatic N) is 2. The Hall–Kier alpha value is -2.94. The van der Waals surface area contributed by atoms with Crippen LogP contribution in [0.15, 0.2) is 48.5 Å². The van der Waals surface area contributed by atoms with Gasteiger partial charge in [-0.3, -0.25) is 13.9 Å². The molecule has 0 unspecified atom stereocenters. The standard InChI is InChI=1S/C22H28FN3O4S/c1-5-24-22(28)17(3)25(14-18-8-6-7-9-20(18)23)21(27)15-26(31(4,29)30)19-12-10-16(2)11-13-19/h6-13,17H,5,14-15H2,1-4H3,(H,24,28)/t17-/m0/s1. The molecule has 1 atom stereocenters. The summed E-state index contributed by atoms with van der Waals surface area (Å²) in [7, 11) is -3.79. The van der Waals surface area contributed by atoms with E-state index in [0.717, 1.165) is 16.1 Å². The van der Waals surface area contributed by atoms with Crippen LogP contribution in [0, 0.1) is 12.7 Å². The highest BCUT2D eigenvalue weighted by molar-refractivity contribution is 7.92. The van der Waals surface area contributed by atoms with Crippen LogP contribution in [-0.2, 0) is 26.2 Å². The van der Waals surface area contributed by atoms with E-state index in [1.807, 2.05) is 6.92 Å². The minimum atomic E-state index is -3.79. The molecule has 0 aliphatic rings. The highest BCUT2D eigenvalue weighted by Crippen LogP contribution is 2.20. The summed E-state index contributed by atoms with van der Waals surface area (Å²) in [5.74, 6) is -1.54. The molecule has 9 heteroatoms. The van der Waals surface area contributed by atoms with Crippen LogP contribution in [-0.4, -0.2) is 50.5 Å². The molecular weight excluding hydrogens is 421 g/mol. The number of benzene rings is 2. The summed E-state index contributed by atoms with van der Waals surface area (Å²) in [5, 5.41) is 2.64. The van der Waals surface area contributed by atoms with Crippen molar-refractivity contribution in [1.29, 1.82) is 0 Å². The summed E-state index contributed by atoms with van der Waals surface area (Å²) in [4.78, 5) is 26.8. The molecule has 0 heterocycles. The maximum Gasteiger partial charge on any atom is 0.244 e. The molecule has 2 aromatic rings. The molecule has 7 nitrogen and oxygen atoms in total. The second-order valence-electron chi connectivity index (χ2n) is 7.29. The Labute approximate surface area is 182 Å². The van der Waals surface area contributed by atoms with Gasteiger partial charge in [0.1, 0.15) is 18.4 Å². The number of nitrogens with one attached hydrogen (secondary N) is 1. The van der Waals surface area contributed by atoms with Gasteiger partial charge in [-0.25, -0.2) is 12.8 Å². The first-order valence-electron chi connectivity index (χ1n) is 9.89. The molecule has 2 aromatic carbocycles. The van der Waals surface area contributed by atoms with Gasteiger partial charge in [-0.1, -0.05) is 35.9 Å². The van der Waals surface area contributed by atoms with Gasteiger partial charge in [0.2, 0.25) is 21.8 Å². The van der Waals surface area contributed by atoms with E-state index < -0.39 is 40.2 Å². The van der Waals surface area contributed by atoms with Gasteiger partial charge in [-0.2, -0.15) is 0 Å². The fraction of sp³-hybridized carbons (Fsp3) is 0.364. The molecule has 0 saturated carbocycles. The number of amides is 2. The van der Waals surface area contributed by atoms with Crippen LogP contribution in [0.2, 0.25) is 0 Å².